The molecule has 26 heavy (non-hydrogen) atoms. The highest BCUT2D eigenvalue weighted by Crippen LogP contribution is 2.29. The van der Waals surface area contributed by atoms with Crippen molar-refractivity contribution in [2.75, 3.05) is 18.1 Å². The monoisotopic (exact) mass is 357 g/mol. The van der Waals surface area contributed by atoms with Crippen molar-refractivity contribution < 1.29 is 9.53 Å². The molecule has 0 fully saturated rings. The Bertz CT molecular complexity index is 743. The summed E-state index contributed by atoms with van der Waals surface area (Å²) in [5.74, 6) is 2.53. The summed E-state index contributed by atoms with van der Waals surface area (Å²) in [6, 6.07) is 7.45. The number of nitrogens with zero attached hydrogens (tertiary/aromatic N) is 4. The quantitative estimate of drug-likeness (QED) is 0.862. The van der Waals surface area contributed by atoms with E-state index >= 15 is 0 Å². The molecule has 2 heterocycles. The van der Waals surface area contributed by atoms with Gasteiger partial charge in [-0.2, -0.15) is 0 Å². The summed E-state index contributed by atoms with van der Waals surface area (Å²) in [5, 5.41) is 11.6. The zero-order valence-corrected chi connectivity index (χ0v) is 15.6. The fourth-order valence-electron chi connectivity index (χ4n) is 3.27. The van der Waals surface area contributed by atoms with Crippen LogP contribution in [0.25, 0.3) is 0 Å². The van der Waals surface area contributed by atoms with Crippen molar-refractivity contribution in [3.05, 3.63) is 35.9 Å². The first-order valence-corrected chi connectivity index (χ1v) is 9.42. The van der Waals surface area contributed by atoms with Crippen LogP contribution < -0.4 is 15.0 Å². The molecule has 140 valence electrons. The van der Waals surface area contributed by atoms with Crippen molar-refractivity contribution in [2.24, 2.45) is 0 Å². The van der Waals surface area contributed by atoms with E-state index in [1.54, 1.807) is 4.90 Å². The second kappa shape index (κ2) is 8.69. The highest BCUT2D eigenvalue weighted by atomic mass is 16.5. The average Bonchev–Trinajstić information content (AvgIpc) is 2.87. The van der Waals surface area contributed by atoms with Gasteiger partial charge in [-0.1, -0.05) is 18.6 Å². The molecule has 7 heteroatoms. The Hall–Kier alpha value is -2.57. The van der Waals surface area contributed by atoms with Crippen LogP contribution in [0.3, 0.4) is 0 Å². The van der Waals surface area contributed by atoms with Crippen LogP contribution >= 0.6 is 0 Å². The third-order valence-electron chi connectivity index (χ3n) is 4.51. The van der Waals surface area contributed by atoms with Crippen molar-refractivity contribution in [2.45, 2.75) is 52.6 Å². The number of anilines is 1. The minimum absolute atomic E-state index is 0.161. The molecule has 3 rings (SSSR count). The van der Waals surface area contributed by atoms with E-state index in [9.17, 15) is 4.79 Å². The molecule has 1 aromatic heterocycles. The van der Waals surface area contributed by atoms with E-state index < -0.39 is 0 Å². The van der Waals surface area contributed by atoms with Crippen molar-refractivity contribution in [3.8, 4) is 5.75 Å². The van der Waals surface area contributed by atoms with E-state index in [4.69, 9.17) is 4.74 Å². The van der Waals surface area contributed by atoms with Gasteiger partial charge in [0.2, 0.25) is 0 Å². The van der Waals surface area contributed by atoms with Gasteiger partial charge in [0.25, 0.3) is 0 Å². The van der Waals surface area contributed by atoms with E-state index in [-0.39, 0.29) is 6.03 Å². The first-order chi connectivity index (χ1) is 12.7. The molecule has 0 bridgehead atoms. The lowest BCUT2D eigenvalue weighted by atomic mass is 10.2. The average molecular weight is 357 g/mol. The maximum absolute atomic E-state index is 12.8. The van der Waals surface area contributed by atoms with Gasteiger partial charge in [0.1, 0.15) is 11.6 Å². The fourth-order valence-corrected chi connectivity index (χ4v) is 3.27. The second-order valence-corrected chi connectivity index (χ2v) is 6.32. The number of benzene rings is 1. The number of carbonyl (C=O) groups excluding carboxylic acids is 1. The molecule has 2 aromatic rings. The van der Waals surface area contributed by atoms with Crippen LogP contribution in [0.2, 0.25) is 0 Å². The van der Waals surface area contributed by atoms with Crippen LogP contribution in [0.1, 0.15) is 44.8 Å². The largest absolute Gasteiger partial charge is 0.492 e. The van der Waals surface area contributed by atoms with E-state index in [2.05, 4.69) is 20.1 Å². The van der Waals surface area contributed by atoms with Crippen molar-refractivity contribution >= 4 is 11.7 Å². The maximum Gasteiger partial charge on any atom is 0.322 e. The normalized spacial score (nSPS) is 13.6. The molecule has 0 atom stereocenters. The molecule has 0 radical (unpaired) electrons. The number of ether oxygens (including phenoxy) is 1. The highest BCUT2D eigenvalue weighted by molar-refractivity contribution is 5.93. The lowest BCUT2D eigenvalue weighted by molar-refractivity contribution is 0.245. The Morgan fingerprint density at radius 3 is 2.88 bits per heavy atom. The summed E-state index contributed by atoms with van der Waals surface area (Å²) in [5.41, 5.74) is 0.742. The van der Waals surface area contributed by atoms with E-state index in [0.29, 0.717) is 25.4 Å². The summed E-state index contributed by atoms with van der Waals surface area (Å²) in [7, 11) is 0. The van der Waals surface area contributed by atoms with Crippen LogP contribution in [0, 0.1) is 0 Å². The number of fused-ring (bicyclic) bond motifs is 1. The lowest BCUT2D eigenvalue weighted by Crippen LogP contribution is -2.40. The predicted molar refractivity (Wildman–Crippen MR) is 100 cm³/mol. The van der Waals surface area contributed by atoms with Crippen molar-refractivity contribution in [3.63, 3.8) is 0 Å². The van der Waals surface area contributed by atoms with E-state index in [1.807, 2.05) is 38.1 Å². The minimum atomic E-state index is -0.161. The van der Waals surface area contributed by atoms with Gasteiger partial charge in [-0.25, -0.2) is 4.79 Å². The molecular weight excluding hydrogens is 330 g/mol. The zero-order valence-electron chi connectivity index (χ0n) is 15.6. The topological polar surface area (TPSA) is 72.3 Å². The number of hydrogen-bond acceptors (Lipinski definition) is 4. The van der Waals surface area contributed by atoms with Gasteiger partial charge in [0.15, 0.2) is 5.82 Å². The van der Waals surface area contributed by atoms with Gasteiger partial charge >= 0.3 is 6.03 Å². The Kier molecular flexibility index (Phi) is 6.09. The van der Waals surface area contributed by atoms with Gasteiger partial charge in [0, 0.05) is 19.5 Å². The smallest absolute Gasteiger partial charge is 0.322 e. The molecule has 1 aliphatic heterocycles. The van der Waals surface area contributed by atoms with E-state index in [0.717, 1.165) is 43.1 Å². The molecule has 7 nitrogen and oxygen atoms in total. The fraction of sp³-hybridized carbons (Fsp3) is 0.526. The van der Waals surface area contributed by atoms with Crippen LogP contribution in [-0.4, -0.2) is 33.9 Å². The van der Waals surface area contributed by atoms with Crippen molar-refractivity contribution in [1.82, 2.24) is 20.1 Å². The minimum Gasteiger partial charge on any atom is -0.492 e. The van der Waals surface area contributed by atoms with Crippen LogP contribution in [0.4, 0.5) is 10.5 Å². The maximum atomic E-state index is 12.8. The lowest BCUT2D eigenvalue weighted by Gasteiger charge is -2.25. The number of nitrogens with one attached hydrogen (secondary N) is 1. The predicted octanol–water partition coefficient (Wildman–Crippen LogP) is 3.14. The Labute approximate surface area is 154 Å². The number of aromatic nitrogens is 3. The molecule has 1 N–H and O–H groups in total. The zero-order chi connectivity index (χ0) is 18.4. The molecule has 1 aliphatic rings. The van der Waals surface area contributed by atoms with Gasteiger partial charge < -0.3 is 14.6 Å². The summed E-state index contributed by atoms with van der Waals surface area (Å²) in [4.78, 5) is 14.5. The Morgan fingerprint density at radius 2 is 2.08 bits per heavy atom. The number of urea groups is 1. The standard InChI is InChI=1S/C19H27N5O2/c1-3-20-19(25)24(15-10-7-8-11-16(15)26-4-2)14-18-22-21-17-12-6-5-9-13-23(17)18/h7-8,10-11H,3-6,9,12-14H2,1-2H3,(H,20,25). The second-order valence-electron chi connectivity index (χ2n) is 6.32. The van der Waals surface area contributed by atoms with E-state index in [1.165, 1.54) is 6.42 Å². The molecular formula is C19H27N5O2. The number of rotatable bonds is 6. The summed E-state index contributed by atoms with van der Waals surface area (Å²) < 4.78 is 7.90. The number of hydrogen-bond donors (Lipinski definition) is 1. The van der Waals surface area contributed by atoms with Crippen LogP contribution in [0.5, 0.6) is 5.75 Å². The molecule has 0 saturated carbocycles. The third kappa shape index (κ3) is 3.98. The Morgan fingerprint density at radius 1 is 1.23 bits per heavy atom. The van der Waals surface area contributed by atoms with Gasteiger partial charge in [0.05, 0.1) is 18.8 Å². The Balaban J connectivity index is 1.93. The molecule has 0 unspecified atom stereocenters. The first kappa shape index (κ1) is 18.2. The number of carbonyl (C=O) groups is 1. The molecule has 0 aliphatic carbocycles. The van der Waals surface area contributed by atoms with Gasteiger partial charge in [-0.05, 0) is 38.8 Å². The first-order valence-electron chi connectivity index (χ1n) is 9.42. The third-order valence-corrected chi connectivity index (χ3v) is 4.51. The molecule has 2 amide bonds. The van der Waals surface area contributed by atoms with Crippen LogP contribution in [-0.2, 0) is 19.5 Å². The van der Waals surface area contributed by atoms with Gasteiger partial charge in [-0.3, -0.25) is 4.90 Å². The molecule has 0 saturated heterocycles. The molecule has 1 aromatic carbocycles. The summed E-state index contributed by atoms with van der Waals surface area (Å²) in [6.07, 6.45) is 4.42. The SMILES string of the molecule is CCNC(=O)N(Cc1nnc2n1CCCCC2)c1ccccc1OCC. The number of amides is 2. The van der Waals surface area contributed by atoms with Crippen molar-refractivity contribution in [1.29, 1.82) is 0 Å². The van der Waals surface area contributed by atoms with Crippen LogP contribution in [0.15, 0.2) is 24.3 Å². The van der Waals surface area contributed by atoms with Gasteiger partial charge in [-0.15, -0.1) is 10.2 Å². The number of para-hydroxylation sites is 2. The number of aryl methyl sites for hydroxylation is 1. The summed E-state index contributed by atoms with van der Waals surface area (Å²) >= 11 is 0. The highest BCUT2D eigenvalue weighted by Gasteiger charge is 2.23. The molecule has 0 spiro atoms. The summed E-state index contributed by atoms with van der Waals surface area (Å²) in [6.45, 7) is 6.22.